The molecule has 1 aromatic rings. The molecule has 0 saturated carbocycles. The normalized spacial score (nSPS) is 28.4. The highest BCUT2D eigenvalue weighted by Gasteiger charge is 2.39. The number of nitrogens with one attached hydrogen (secondary N) is 1. The molecule has 22 heavy (non-hydrogen) atoms. The van der Waals surface area contributed by atoms with Crippen LogP contribution in [-0.2, 0) is 9.53 Å². The predicted octanol–water partition coefficient (Wildman–Crippen LogP) is 1.39. The molecular formula is C16H20N4O2. The topological polar surface area (TPSA) is 78.3 Å². The van der Waals surface area contributed by atoms with Crippen molar-refractivity contribution in [2.75, 3.05) is 25.0 Å². The molecule has 0 aliphatic carbocycles. The molecule has 2 fully saturated rings. The van der Waals surface area contributed by atoms with E-state index in [0.717, 1.165) is 38.3 Å². The van der Waals surface area contributed by atoms with E-state index in [-0.39, 0.29) is 18.1 Å². The molecule has 0 spiro atoms. The molecular weight excluding hydrogens is 280 g/mol. The Kier molecular flexibility index (Phi) is 4.25. The standard InChI is InChI=1S/C16H20N4O2/c1-11-6-14(16(21)22-11)20-5-4-13(10-20)9-19-15-3-2-12(7-17)8-18-15/h2-3,8,11,13-14H,4-6,9-10H2,1H3,(H,18,19). The Hall–Kier alpha value is -2.13. The first-order valence-corrected chi connectivity index (χ1v) is 7.70. The van der Waals surface area contributed by atoms with Gasteiger partial charge < -0.3 is 10.1 Å². The summed E-state index contributed by atoms with van der Waals surface area (Å²) in [7, 11) is 0. The fraction of sp³-hybridized carbons (Fsp3) is 0.562. The number of ether oxygens (including phenoxy) is 1. The highest BCUT2D eigenvalue weighted by molar-refractivity contribution is 5.78. The number of esters is 1. The number of cyclic esters (lactones) is 1. The monoisotopic (exact) mass is 300 g/mol. The Labute approximate surface area is 130 Å². The second kappa shape index (κ2) is 6.32. The zero-order valence-electron chi connectivity index (χ0n) is 12.7. The van der Waals surface area contributed by atoms with Gasteiger partial charge in [0.25, 0.3) is 0 Å². The van der Waals surface area contributed by atoms with Crippen LogP contribution < -0.4 is 5.32 Å². The van der Waals surface area contributed by atoms with Gasteiger partial charge in [0.1, 0.15) is 24.0 Å². The molecule has 3 heterocycles. The van der Waals surface area contributed by atoms with Gasteiger partial charge in [-0.2, -0.15) is 5.26 Å². The Morgan fingerprint density at radius 2 is 2.41 bits per heavy atom. The summed E-state index contributed by atoms with van der Waals surface area (Å²) in [6, 6.07) is 5.57. The van der Waals surface area contributed by atoms with Crippen molar-refractivity contribution in [2.24, 2.45) is 5.92 Å². The van der Waals surface area contributed by atoms with Gasteiger partial charge in [0.2, 0.25) is 0 Å². The molecule has 3 unspecified atom stereocenters. The Balaban J connectivity index is 1.49. The zero-order chi connectivity index (χ0) is 15.5. The van der Waals surface area contributed by atoms with E-state index >= 15 is 0 Å². The molecule has 116 valence electrons. The molecule has 2 aliphatic heterocycles. The molecule has 3 atom stereocenters. The summed E-state index contributed by atoms with van der Waals surface area (Å²) in [5.41, 5.74) is 0.562. The van der Waals surface area contributed by atoms with Gasteiger partial charge in [-0.05, 0) is 37.9 Å². The second-order valence-electron chi connectivity index (χ2n) is 6.07. The minimum atomic E-state index is -0.0742. The minimum absolute atomic E-state index is 0.0394. The Bertz CT molecular complexity index is 581. The van der Waals surface area contributed by atoms with Crippen molar-refractivity contribution >= 4 is 11.8 Å². The third kappa shape index (κ3) is 3.20. The lowest BCUT2D eigenvalue weighted by molar-refractivity contribution is -0.144. The molecule has 1 N–H and O–H groups in total. The van der Waals surface area contributed by atoms with Crippen molar-refractivity contribution in [2.45, 2.75) is 31.9 Å². The number of carbonyl (C=O) groups excluding carboxylic acids is 1. The maximum absolute atomic E-state index is 11.8. The van der Waals surface area contributed by atoms with Gasteiger partial charge >= 0.3 is 5.97 Å². The van der Waals surface area contributed by atoms with Crippen molar-refractivity contribution in [3.63, 3.8) is 0 Å². The smallest absolute Gasteiger partial charge is 0.323 e. The second-order valence-corrected chi connectivity index (χ2v) is 6.07. The van der Waals surface area contributed by atoms with Gasteiger partial charge in [-0.3, -0.25) is 9.69 Å². The highest BCUT2D eigenvalue weighted by atomic mass is 16.6. The molecule has 1 aromatic heterocycles. The van der Waals surface area contributed by atoms with Crippen molar-refractivity contribution < 1.29 is 9.53 Å². The summed E-state index contributed by atoms with van der Waals surface area (Å²) < 4.78 is 5.24. The summed E-state index contributed by atoms with van der Waals surface area (Å²) in [5, 5.41) is 12.1. The predicted molar refractivity (Wildman–Crippen MR) is 81.1 cm³/mol. The van der Waals surface area contributed by atoms with Gasteiger partial charge in [-0.15, -0.1) is 0 Å². The number of pyridine rings is 1. The highest BCUT2D eigenvalue weighted by Crippen LogP contribution is 2.26. The maximum atomic E-state index is 11.8. The van der Waals surface area contributed by atoms with E-state index in [1.54, 1.807) is 12.3 Å². The van der Waals surface area contributed by atoms with E-state index in [2.05, 4.69) is 21.3 Å². The molecule has 0 bridgehead atoms. The average Bonchev–Trinajstić information content (AvgIpc) is 3.12. The number of carbonyl (C=O) groups is 1. The summed E-state index contributed by atoms with van der Waals surface area (Å²) in [4.78, 5) is 18.3. The van der Waals surface area contributed by atoms with Crippen molar-refractivity contribution in [3.05, 3.63) is 23.9 Å². The fourth-order valence-electron chi connectivity index (χ4n) is 3.16. The lowest BCUT2D eigenvalue weighted by atomic mass is 10.1. The van der Waals surface area contributed by atoms with Crippen LogP contribution in [0, 0.1) is 17.2 Å². The quantitative estimate of drug-likeness (QED) is 0.847. The minimum Gasteiger partial charge on any atom is -0.461 e. The third-order valence-electron chi connectivity index (χ3n) is 4.37. The summed E-state index contributed by atoms with van der Waals surface area (Å²) in [6.45, 7) is 4.63. The molecule has 0 aromatic carbocycles. The zero-order valence-corrected chi connectivity index (χ0v) is 12.7. The lowest BCUT2D eigenvalue weighted by Gasteiger charge is -2.20. The van der Waals surface area contributed by atoms with Crippen molar-refractivity contribution in [1.29, 1.82) is 5.26 Å². The van der Waals surface area contributed by atoms with Crippen LogP contribution >= 0.6 is 0 Å². The maximum Gasteiger partial charge on any atom is 0.323 e. The number of hydrogen-bond acceptors (Lipinski definition) is 6. The van der Waals surface area contributed by atoms with Gasteiger partial charge in [0.05, 0.1) is 5.56 Å². The average molecular weight is 300 g/mol. The van der Waals surface area contributed by atoms with Crippen LogP contribution in [0.4, 0.5) is 5.82 Å². The van der Waals surface area contributed by atoms with Crippen LogP contribution in [0.5, 0.6) is 0 Å². The number of rotatable bonds is 4. The van der Waals surface area contributed by atoms with Gasteiger partial charge in [0, 0.05) is 25.7 Å². The first-order chi connectivity index (χ1) is 10.7. The van der Waals surface area contributed by atoms with Crippen LogP contribution in [-0.4, -0.2) is 47.6 Å². The number of hydrogen-bond donors (Lipinski definition) is 1. The molecule has 6 nitrogen and oxygen atoms in total. The number of nitrogens with zero attached hydrogens (tertiary/aromatic N) is 3. The summed E-state index contributed by atoms with van der Waals surface area (Å²) in [5.74, 6) is 1.21. The first-order valence-electron chi connectivity index (χ1n) is 7.70. The number of anilines is 1. The van der Waals surface area contributed by atoms with E-state index in [9.17, 15) is 4.79 Å². The third-order valence-corrected chi connectivity index (χ3v) is 4.37. The van der Waals surface area contributed by atoms with Crippen LogP contribution in [0.1, 0.15) is 25.3 Å². The number of likely N-dealkylation sites (tertiary alicyclic amines) is 1. The van der Waals surface area contributed by atoms with E-state index in [4.69, 9.17) is 10.00 Å². The van der Waals surface area contributed by atoms with Crippen LogP contribution in [0.2, 0.25) is 0 Å². The van der Waals surface area contributed by atoms with Crippen LogP contribution in [0.25, 0.3) is 0 Å². The van der Waals surface area contributed by atoms with E-state index in [1.165, 1.54) is 0 Å². The van der Waals surface area contributed by atoms with Gasteiger partial charge in [-0.25, -0.2) is 4.98 Å². The fourth-order valence-corrected chi connectivity index (χ4v) is 3.16. The number of aromatic nitrogens is 1. The Morgan fingerprint density at radius 3 is 3.05 bits per heavy atom. The van der Waals surface area contributed by atoms with Gasteiger partial charge in [0.15, 0.2) is 0 Å². The van der Waals surface area contributed by atoms with Crippen LogP contribution in [0.3, 0.4) is 0 Å². The Morgan fingerprint density at radius 1 is 1.55 bits per heavy atom. The number of nitriles is 1. The first kappa shape index (κ1) is 14.8. The van der Waals surface area contributed by atoms with E-state index in [0.29, 0.717) is 11.5 Å². The molecule has 3 rings (SSSR count). The van der Waals surface area contributed by atoms with Crippen molar-refractivity contribution in [3.8, 4) is 6.07 Å². The molecule has 6 heteroatoms. The summed E-state index contributed by atoms with van der Waals surface area (Å²) in [6.07, 6.45) is 3.48. The molecule has 0 radical (unpaired) electrons. The largest absolute Gasteiger partial charge is 0.461 e. The van der Waals surface area contributed by atoms with E-state index in [1.807, 2.05) is 13.0 Å². The molecule has 0 amide bonds. The molecule has 2 saturated heterocycles. The molecule has 2 aliphatic rings. The van der Waals surface area contributed by atoms with Crippen LogP contribution in [0.15, 0.2) is 18.3 Å². The lowest BCUT2D eigenvalue weighted by Crippen LogP contribution is -2.37. The van der Waals surface area contributed by atoms with Crippen molar-refractivity contribution in [1.82, 2.24) is 9.88 Å². The SMILES string of the molecule is CC1CC(N2CCC(CNc3ccc(C#N)cn3)C2)C(=O)O1. The van der Waals surface area contributed by atoms with Gasteiger partial charge in [-0.1, -0.05) is 0 Å². The summed E-state index contributed by atoms with van der Waals surface area (Å²) >= 11 is 0. The van der Waals surface area contributed by atoms with E-state index < -0.39 is 0 Å².